The molecule has 2 heterocycles. The molecular formula is C15H13ClN2O2S. The molecule has 0 bridgehead atoms. The molecule has 0 radical (unpaired) electrons. The maximum absolute atomic E-state index is 11.4. The molecule has 21 heavy (non-hydrogen) atoms. The maximum Gasteiger partial charge on any atom is 0.336 e. The minimum absolute atomic E-state index is 0.320. The van der Waals surface area contributed by atoms with E-state index >= 15 is 0 Å². The summed E-state index contributed by atoms with van der Waals surface area (Å²) in [7, 11) is 0. The van der Waals surface area contributed by atoms with Gasteiger partial charge in [-0.15, -0.1) is 11.3 Å². The van der Waals surface area contributed by atoms with Gasteiger partial charge in [0.15, 0.2) is 4.47 Å². The Morgan fingerprint density at radius 3 is 2.81 bits per heavy atom. The number of hydrogen-bond acceptors (Lipinski definition) is 5. The Balaban J connectivity index is 1.95. The van der Waals surface area contributed by atoms with Crippen molar-refractivity contribution < 1.29 is 4.42 Å². The first-order valence-corrected chi connectivity index (χ1v) is 7.61. The second kappa shape index (κ2) is 5.50. The van der Waals surface area contributed by atoms with Gasteiger partial charge < -0.3 is 9.73 Å². The molecular weight excluding hydrogens is 308 g/mol. The molecule has 0 saturated carbocycles. The number of nitrogens with zero attached hydrogens (tertiary/aromatic N) is 1. The summed E-state index contributed by atoms with van der Waals surface area (Å²) in [5.74, 6) is 0. The molecule has 0 unspecified atom stereocenters. The van der Waals surface area contributed by atoms with Crippen molar-refractivity contribution in [3.05, 3.63) is 55.3 Å². The molecule has 6 heteroatoms. The van der Waals surface area contributed by atoms with Gasteiger partial charge in [0, 0.05) is 28.2 Å². The lowest BCUT2D eigenvalue weighted by Gasteiger charge is -2.10. The Labute approximate surface area is 130 Å². The Morgan fingerprint density at radius 1 is 1.29 bits per heavy atom. The first-order valence-electron chi connectivity index (χ1n) is 6.42. The SMILES string of the molecule is Cc1cc2oc(=O)cc(C)c2cc1NCc1cnc(Cl)s1. The van der Waals surface area contributed by atoms with E-state index in [-0.39, 0.29) is 5.63 Å². The fourth-order valence-corrected chi connectivity index (χ4v) is 3.12. The summed E-state index contributed by atoms with van der Waals surface area (Å²) in [6, 6.07) is 5.39. The van der Waals surface area contributed by atoms with E-state index in [0.717, 1.165) is 27.1 Å². The Hall–Kier alpha value is -1.85. The van der Waals surface area contributed by atoms with E-state index in [9.17, 15) is 4.79 Å². The van der Waals surface area contributed by atoms with Crippen LogP contribution in [-0.2, 0) is 6.54 Å². The molecule has 0 saturated heterocycles. The van der Waals surface area contributed by atoms with Crippen molar-refractivity contribution in [2.75, 3.05) is 5.32 Å². The molecule has 1 aromatic carbocycles. The van der Waals surface area contributed by atoms with Crippen LogP contribution in [0.2, 0.25) is 4.47 Å². The van der Waals surface area contributed by atoms with Gasteiger partial charge in [0.1, 0.15) is 5.58 Å². The predicted molar refractivity (Wildman–Crippen MR) is 86.4 cm³/mol. The molecule has 0 atom stereocenters. The predicted octanol–water partition coefficient (Wildman–Crippen LogP) is 4.13. The third-order valence-electron chi connectivity index (χ3n) is 3.27. The molecule has 0 fully saturated rings. The highest BCUT2D eigenvalue weighted by Crippen LogP contribution is 2.26. The van der Waals surface area contributed by atoms with Crippen LogP contribution in [0.15, 0.2) is 33.6 Å². The van der Waals surface area contributed by atoms with Gasteiger partial charge >= 0.3 is 5.63 Å². The van der Waals surface area contributed by atoms with E-state index in [2.05, 4.69) is 10.3 Å². The van der Waals surface area contributed by atoms with Crippen LogP contribution in [0.1, 0.15) is 16.0 Å². The quantitative estimate of drug-likeness (QED) is 0.737. The Morgan fingerprint density at radius 2 is 2.10 bits per heavy atom. The molecule has 1 N–H and O–H groups in total. The van der Waals surface area contributed by atoms with Crippen molar-refractivity contribution in [3.8, 4) is 0 Å². The average molecular weight is 321 g/mol. The van der Waals surface area contributed by atoms with Crippen molar-refractivity contribution in [1.82, 2.24) is 4.98 Å². The summed E-state index contributed by atoms with van der Waals surface area (Å²) >= 11 is 7.28. The number of fused-ring (bicyclic) bond motifs is 1. The number of anilines is 1. The molecule has 4 nitrogen and oxygen atoms in total. The molecule has 0 spiro atoms. The van der Waals surface area contributed by atoms with Gasteiger partial charge in [-0.3, -0.25) is 0 Å². The lowest BCUT2D eigenvalue weighted by Crippen LogP contribution is -2.02. The number of benzene rings is 1. The van der Waals surface area contributed by atoms with Crippen molar-refractivity contribution in [2.45, 2.75) is 20.4 Å². The molecule has 3 rings (SSSR count). The van der Waals surface area contributed by atoms with Crippen LogP contribution in [0.4, 0.5) is 5.69 Å². The van der Waals surface area contributed by atoms with Gasteiger partial charge in [-0.1, -0.05) is 11.6 Å². The first kappa shape index (κ1) is 14.1. The average Bonchev–Trinajstić information content (AvgIpc) is 2.82. The number of halogens is 1. The van der Waals surface area contributed by atoms with E-state index in [1.807, 2.05) is 26.0 Å². The highest BCUT2D eigenvalue weighted by molar-refractivity contribution is 7.15. The van der Waals surface area contributed by atoms with Crippen LogP contribution in [0.5, 0.6) is 0 Å². The van der Waals surface area contributed by atoms with Crippen LogP contribution in [0.3, 0.4) is 0 Å². The van der Waals surface area contributed by atoms with Gasteiger partial charge in [-0.25, -0.2) is 9.78 Å². The van der Waals surface area contributed by atoms with Crippen LogP contribution in [0, 0.1) is 13.8 Å². The summed E-state index contributed by atoms with van der Waals surface area (Å²) < 4.78 is 5.78. The smallest absolute Gasteiger partial charge is 0.336 e. The van der Waals surface area contributed by atoms with Crippen molar-refractivity contribution >= 4 is 39.6 Å². The highest BCUT2D eigenvalue weighted by atomic mass is 35.5. The molecule has 108 valence electrons. The molecule has 0 aliphatic carbocycles. The molecule has 0 aliphatic rings. The fraction of sp³-hybridized carbons (Fsp3) is 0.200. The van der Waals surface area contributed by atoms with E-state index < -0.39 is 0 Å². The van der Waals surface area contributed by atoms with Gasteiger partial charge in [0.2, 0.25) is 0 Å². The van der Waals surface area contributed by atoms with Crippen molar-refractivity contribution in [2.24, 2.45) is 0 Å². The summed E-state index contributed by atoms with van der Waals surface area (Å²) in [6.07, 6.45) is 1.76. The first-order chi connectivity index (χ1) is 10.0. The third kappa shape index (κ3) is 2.94. The molecule has 0 amide bonds. The summed E-state index contributed by atoms with van der Waals surface area (Å²) in [5, 5.41) is 4.30. The Bertz CT molecular complexity index is 870. The fourth-order valence-electron chi connectivity index (χ4n) is 2.20. The number of aromatic nitrogens is 1. The van der Waals surface area contributed by atoms with Crippen LogP contribution in [0.25, 0.3) is 11.0 Å². The summed E-state index contributed by atoms with van der Waals surface area (Å²) in [5.41, 5.74) is 3.23. The highest BCUT2D eigenvalue weighted by Gasteiger charge is 2.07. The Kier molecular flexibility index (Phi) is 3.69. The van der Waals surface area contributed by atoms with Crippen LogP contribution in [-0.4, -0.2) is 4.98 Å². The molecule has 3 aromatic rings. The van der Waals surface area contributed by atoms with Crippen LogP contribution >= 0.6 is 22.9 Å². The van der Waals surface area contributed by atoms with Gasteiger partial charge in [0.25, 0.3) is 0 Å². The largest absolute Gasteiger partial charge is 0.423 e. The molecule has 0 aliphatic heterocycles. The van der Waals surface area contributed by atoms with E-state index in [1.54, 1.807) is 6.20 Å². The van der Waals surface area contributed by atoms with E-state index in [0.29, 0.717) is 16.6 Å². The number of thiazole rings is 1. The maximum atomic E-state index is 11.4. The topological polar surface area (TPSA) is 55.1 Å². The zero-order valence-electron chi connectivity index (χ0n) is 11.6. The lowest BCUT2D eigenvalue weighted by atomic mass is 10.1. The van der Waals surface area contributed by atoms with Gasteiger partial charge in [0.05, 0.1) is 6.54 Å². The standard InChI is InChI=1S/C15H13ClN2O2S/c1-8-4-14(19)20-13-3-9(2)12(5-11(8)13)17-6-10-7-18-15(16)21-10/h3-5,7,17H,6H2,1-2H3. The van der Waals surface area contributed by atoms with Gasteiger partial charge in [-0.05, 0) is 37.1 Å². The second-order valence-electron chi connectivity index (χ2n) is 4.84. The molecule has 2 aromatic heterocycles. The zero-order chi connectivity index (χ0) is 15.0. The van der Waals surface area contributed by atoms with E-state index in [1.165, 1.54) is 17.4 Å². The number of rotatable bonds is 3. The third-order valence-corrected chi connectivity index (χ3v) is 4.39. The summed E-state index contributed by atoms with van der Waals surface area (Å²) in [6.45, 7) is 4.54. The van der Waals surface area contributed by atoms with Crippen LogP contribution < -0.4 is 10.9 Å². The van der Waals surface area contributed by atoms with Crippen molar-refractivity contribution in [3.63, 3.8) is 0 Å². The second-order valence-corrected chi connectivity index (χ2v) is 6.54. The summed E-state index contributed by atoms with van der Waals surface area (Å²) in [4.78, 5) is 16.5. The number of nitrogens with one attached hydrogen (secondary N) is 1. The minimum Gasteiger partial charge on any atom is -0.423 e. The number of aryl methyl sites for hydroxylation is 2. The minimum atomic E-state index is -0.320. The number of hydrogen-bond donors (Lipinski definition) is 1. The lowest BCUT2D eigenvalue weighted by molar-refractivity contribution is 0.559. The monoisotopic (exact) mass is 320 g/mol. The van der Waals surface area contributed by atoms with E-state index in [4.69, 9.17) is 16.0 Å². The zero-order valence-corrected chi connectivity index (χ0v) is 13.1. The van der Waals surface area contributed by atoms with Crippen molar-refractivity contribution in [1.29, 1.82) is 0 Å². The van der Waals surface area contributed by atoms with Gasteiger partial charge in [-0.2, -0.15) is 0 Å². The normalized spacial score (nSPS) is 11.0.